The number of hydrogen-bond acceptors (Lipinski definition) is 5. The first-order valence-corrected chi connectivity index (χ1v) is 11.3. The number of rotatable bonds is 6. The van der Waals surface area contributed by atoms with Gasteiger partial charge in [0.15, 0.2) is 5.58 Å². The fourth-order valence-corrected chi connectivity index (χ4v) is 3.95. The molecule has 0 bridgehead atoms. The zero-order valence-electron chi connectivity index (χ0n) is 19.2. The smallest absolute Gasteiger partial charge is 0.322 e. The number of urea groups is 1. The molecule has 0 radical (unpaired) electrons. The lowest BCUT2D eigenvalue weighted by molar-refractivity contribution is 0.0773. The van der Waals surface area contributed by atoms with E-state index in [2.05, 4.69) is 15.2 Å². The van der Waals surface area contributed by atoms with Gasteiger partial charge in [0.05, 0.1) is 12.2 Å². The van der Waals surface area contributed by atoms with E-state index >= 15 is 0 Å². The van der Waals surface area contributed by atoms with Crippen molar-refractivity contribution < 1.29 is 22.8 Å². The van der Waals surface area contributed by atoms with Gasteiger partial charge >= 0.3 is 6.03 Å². The second-order valence-corrected chi connectivity index (χ2v) is 8.09. The second kappa shape index (κ2) is 10.2. The molecule has 0 unspecified atom stereocenters. The van der Waals surface area contributed by atoms with Crippen LogP contribution in [0.25, 0.3) is 11.1 Å². The highest BCUT2D eigenvalue weighted by atomic mass is 19.1. The Morgan fingerprint density at radius 2 is 1.79 bits per heavy atom. The largest absolute Gasteiger partial charge is 0.439 e. The van der Waals surface area contributed by atoms with Crippen molar-refractivity contribution >= 4 is 28.7 Å². The number of halogens is 2. The summed E-state index contributed by atoms with van der Waals surface area (Å²) in [7, 11) is 0. The minimum absolute atomic E-state index is 0.0358. The molecule has 4 rings (SSSR count). The van der Waals surface area contributed by atoms with Gasteiger partial charge in [-0.25, -0.2) is 18.6 Å². The van der Waals surface area contributed by atoms with E-state index in [0.717, 1.165) is 12.1 Å². The van der Waals surface area contributed by atoms with Crippen LogP contribution >= 0.6 is 0 Å². The third-order valence-electron chi connectivity index (χ3n) is 5.92. The third kappa shape index (κ3) is 5.17. The van der Waals surface area contributed by atoms with Crippen molar-refractivity contribution in [2.75, 3.05) is 44.6 Å². The first-order chi connectivity index (χ1) is 16.4. The Balaban J connectivity index is 1.34. The molecule has 34 heavy (non-hydrogen) atoms. The third-order valence-corrected chi connectivity index (χ3v) is 5.92. The number of fused-ring (bicyclic) bond motifs is 1. The Morgan fingerprint density at radius 1 is 1.06 bits per heavy atom. The van der Waals surface area contributed by atoms with Crippen molar-refractivity contribution in [2.45, 2.75) is 20.4 Å². The van der Waals surface area contributed by atoms with Crippen LogP contribution in [0.2, 0.25) is 0 Å². The standard InChI is InChI=1S/C24H27F2N5O3/c1-3-30(4-2)23(32)16-5-8-21-20(13-16)27-22(34-21)15-29-9-11-31(12-10-29)24(33)28-19-7-6-17(25)14-18(19)26/h5-8,13-14H,3-4,9-12,15H2,1-2H3,(H,28,33). The lowest BCUT2D eigenvalue weighted by atomic mass is 10.2. The van der Waals surface area contributed by atoms with E-state index < -0.39 is 17.7 Å². The van der Waals surface area contributed by atoms with Gasteiger partial charge < -0.3 is 19.5 Å². The Labute approximate surface area is 196 Å². The maximum absolute atomic E-state index is 13.8. The highest BCUT2D eigenvalue weighted by Gasteiger charge is 2.23. The number of carbonyl (C=O) groups is 2. The van der Waals surface area contributed by atoms with Gasteiger partial charge in [0, 0.05) is 50.9 Å². The van der Waals surface area contributed by atoms with Crippen LogP contribution < -0.4 is 5.32 Å². The van der Waals surface area contributed by atoms with Gasteiger partial charge in [0.25, 0.3) is 5.91 Å². The summed E-state index contributed by atoms with van der Waals surface area (Å²) in [5, 5.41) is 2.48. The topological polar surface area (TPSA) is 81.9 Å². The monoisotopic (exact) mass is 471 g/mol. The lowest BCUT2D eigenvalue weighted by Gasteiger charge is -2.34. The molecule has 1 aromatic heterocycles. The summed E-state index contributed by atoms with van der Waals surface area (Å²) >= 11 is 0. The quantitative estimate of drug-likeness (QED) is 0.589. The fourth-order valence-electron chi connectivity index (χ4n) is 3.95. The van der Waals surface area contributed by atoms with E-state index in [1.165, 1.54) is 6.07 Å². The first kappa shape index (κ1) is 23.6. The highest BCUT2D eigenvalue weighted by Crippen LogP contribution is 2.20. The van der Waals surface area contributed by atoms with Crippen molar-refractivity contribution in [1.82, 2.24) is 19.7 Å². The maximum atomic E-state index is 13.8. The summed E-state index contributed by atoms with van der Waals surface area (Å²) in [6.45, 7) is 7.69. The Morgan fingerprint density at radius 3 is 2.47 bits per heavy atom. The van der Waals surface area contributed by atoms with Crippen LogP contribution in [0.3, 0.4) is 0 Å². The minimum Gasteiger partial charge on any atom is -0.439 e. The predicted octanol–water partition coefficient (Wildman–Crippen LogP) is 3.94. The number of nitrogens with one attached hydrogen (secondary N) is 1. The summed E-state index contributed by atoms with van der Waals surface area (Å²) in [5.74, 6) is -1.01. The number of hydrogen-bond donors (Lipinski definition) is 1. The van der Waals surface area contributed by atoms with E-state index in [1.807, 2.05) is 13.8 Å². The average molecular weight is 472 g/mol. The van der Waals surface area contributed by atoms with Crippen LogP contribution in [0.15, 0.2) is 40.8 Å². The van der Waals surface area contributed by atoms with Gasteiger partial charge in [-0.2, -0.15) is 0 Å². The molecule has 0 atom stereocenters. The van der Waals surface area contributed by atoms with Crippen LogP contribution in [0, 0.1) is 11.6 Å². The number of carbonyl (C=O) groups excluding carboxylic acids is 2. The van der Waals surface area contributed by atoms with Gasteiger partial charge in [-0.3, -0.25) is 9.69 Å². The van der Waals surface area contributed by atoms with Gasteiger partial charge in [-0.1, -0.05) is 0 Å². The minimum atomic E-state index is -0.815. The summed E-state index contributed by atoms with van der Waals surface area (Å²) in [5.41, 5.74) is 1.77. The van der Waals surface area contributed by atoms with E-state index in [1.54, 1.807) is 28.0 Å². The molecular formula is C24H27F2N5O3. The van der Waals surface area contributed by atoms with E-state index in [9.17, 15) is 18.4 Å². The summed E-state index contributed by atoms with van der Waals surface area (Å²) in [4.78, 5) is 35.0. The van der Waals surface area contributed by atoms with Gasteiger partial charge in [0.2, 0.25) is 5.89 Å². The van der Waals surface area contributed by atoms with Crippen molar-refractivity contribution in [2.24, 2.45) is 0 Å². The Kier molecular flexibility index (Phi) is 7.06. The number of aromatic nitrogens is 1. The molecule has 180 valence electrons. The molecule has 2 aromatic carbocycles. The van der Waals surface area contributed by atoms with E-state index in [-0.39, 0.29) is 11.6 Å². The Hall–Kier alpha value is -3.53. The summed E-state index contributed by atoms with van der Waals surface area (Å²) in [6.07, 6.45) is 0. The zero-order chi connectivity index (χ0) is 24.2. The van der Waals surface area contributed by atoms with E-state index in [4.69, 9.17) is 4.42 Å². The number of nitrogens with zero attached hydrogens (tertiary/aromatic N) is 4. The number of amides is 3. The van der Waals surface area contributed by atoms with Crippen LogP contribution in [0.4, 0.5) is 19.3 Å². The average Bonchev–Trinajstić information content (AvgIpc) is 3.23. The van der Waals surface area contributed by atoms with Crippen molar-refractivity contribution in [3.05, 3.63) is 59.5 Å². The maximum Gasteiger partial charge on any atom is 0.322 e. The molecule has 8 nitrogen and oxygen atoms in total. The number of benzene rings is 2. The molecule has 0 aliphatic carbocycles. The summed E-state index contributed by atoms with van der Waals surface area (Å²) in [6, 6.07) is 7.86. The van der Waals surface area contributed by atoms with E-state index in [0.29, 0.717) is 68.4 Å². The fraction of sp³-hybridized carbons (Fsp3) is 0.375. The SMILES string of the molecule is CCN(CC)C(=O)c1ccc2oc(CN3CCN(C(=O)Nc4ccc(F)cc4F)CC3)nc2c1. The molecule has 3 aromatic rings. The van der Waals surface area contributed by atoms with Crippen molar-refractivity contribution in [1.29, 1.82) is 0 Å². The molecule has 1 N–H and O–H groups in total. The molecule has 0 saturated carbocycles. The molecule has 1 aliphatic rings. The molecule has 0 spiro atoms. The predicted molar refractivity (Wildman–Crippen MR) is 123 cm³/mol. The van der Waals surface area contributed by atoms with Crippen molar-refractivity contribution in [3.63, 3.8) is 0 Å². The molecule has 10 heteroatoms. The number of anilines is 1. The molecule has 2 heterocycles. The number of piperazine rings is 1. The van der Waals surface area contributed by atoms with Crippen LogP contribution in [-0.4, -0.2) is 70.9 Å². The molecule has 1 fully saturated rings. The first-order valence-electron chi connectivity index (χ1n) is 11.3. The van der Waals surface area contributed by atoms with Crippen LogP contribution in [0.5, 0.6) is 0 Å². The van der Waals surface area contributed by atoms with Crippen LogP contribution in [-0.2, 0) is 6.54 Å². The second-order valence-electron chi connectivity index (χ2n) is 8.09. The Bertz CT molecular complexity index is 1190. The van der Waals surface area contributed by atoms with Crippen LogP contribution in [0.1, 0.15) is 30.1 Å². The molecule has 1 saturated heterocycles. The molecular weight excluding hydrogens is 444 g/mol. The van der Waals surface area contributed by atoms with Gasteiger partial charge in [-0.15, -0.1) is 0 Å². The summed E-state index contributed by atoms with van der Waals surface area (Å²) < 4.78 is 32.7. The zero-order valence-corrected chi connectivity index (χ0v) is 19.2. The molecule has 1 aliphatic heterocycles. The molecule has 3 amide bonds. The normalized spacial score (nSPS) is 14.4. The highest BCUT2D eigenvalue weighted by molar-refractivity contribution is 5.97. The van der Waals surface area contributed by atoms with Gasteiger partial charge in [-0.05, 0) is 44.2 Å². The lowest BCUT2D eigenvalue weighted by Crippen LogP contribution is -2.49. The van der Waals surface area contributed by atoms with Gasteiger partial charge in [0.1, 0.15) is 17.2 Å². The number of oxazole rings is 1. The van der Waals surface area contributed by atoms with Crippen molar-refractivity contribution in [3.8, 4) is 0 Å².